The Balaban J connectivity index is 2.73. The third-order valence-corrected chi connectivity index (χ3v) is 3.59. The molecular weight excluding hydrogens is 254 g/mol. The van der Waals surface area contributed by atoms with Gasteiger partial charge in [0.2, 0.25) is 0 Å². The summed E-state index contributed by atoms with van der Waals surface area (Å²) in [7, 11) is 3.66. The van der Waals surface area contributed by atoms with Gasteiger partial charge in [-0.1, -0.05) is 26.0 Å². The predicted octanol–water partition coefficient (Wildman–Crippen LogP) is 2.67. The van der Waals surface area contributed by atoms with Gasteiger partial charge in [-0.25, -0.2) is 0 Å². The van der Waals surface area contributed by atoms with Gasteiger partial charge in [0.15, 0.2) is 0 Å². The highest BCUT2D eigenvalue weighted by Crippen LogP contribution is 2.19. The van der Waals surface area contributed by atoms with Crippen molar-refractivity contribution in [2.45, 2.75) is 32.7 Å². The van der Waals surface area contributed by atoms with Crippen LogP contribution in [0.1, 0.15) is 25.8 Å². The standard InChI is InChI=1S/C16H25NO3/c1-12(2)15(17(3)9-8-16(18)19)11-13-6-5-7-14(10-13)20-4/h5-7,10,12,15H,8-9,11H2,1-4H3,(H,18,19). The molecule has 1 rings (SSSR count). The molecule has 0 aliphatic rings. The van der Waals surface area contributed by atoms with Crippen LogP contribution in [-0.4, -0.2) is 42.7 Å². The summed E-state index contributed by atoms with van der Waals surface area (Å²) in [5.41, 5.74) is 1.21. The summed E-state index contributed by atoms with van der Waals surface area (Å²) in [6.45, 7) is 4.91. The van der Waals surface area contributed by atoms with Gasteiger partial charge in [0.05, 0.1) is 13.5 Å². The second kappa shape index (κ2) is 7.90. The van der Waals surface area contributed by atoms with E-state index in [1.165, 1.54) is 5.56 Å². The minimum Gasteiger partial charge on any atom is -0.497 e. The van der Waals surface area contributed by atoms with Gasteiger partial charge in [0.1, 0.15) is 5.75 Å². The van der Waals surface area contributed by atoms with Crippen LogP contribution in [0.15, 0.2) is 24.3 Å². The zero-order valence-electron chi connectivity index (χ0n) is 12.8. The van der Waals surface area contributed by atoms with Crippen LogP contribution in [0.4, 0.5) is 0 Å². The Bertz CT molecular complexity index is 431. The average molecular weight is 279 g/mol. The molecule has 0 spiro atoms. The first kappa shape index (κ1) is 16.5. The number of carboxylic acids is 1. The van der Waals surface area contributed by atoms with Gasteiger partial charge in [0.25, 0.3) is 0 Å². The highest BCUT2D eigenvalue weighted by Gasteiger charge is 2.19. The van der Waals surface area contributed by atoms with E-state index in [0.29, 0.717) is 18.5 Å². The quantitative estimate of drug-likeness (QED) is 0.795. The lowest BCUT2D eigenvalue weighted by Crippen LogP contribution is -2.39. The van der Waals surface area contributed by atoms with Crippen LogP contribution in [-0.2, 0) is 11.2 Å². The number of hydrogen-bond acceptors (Lipinski definition) is 3. The lowest BCUT2D eigenvalue weighted by atomic mass is 9.95. The third kappa shape index (κ3) is 5.21. The van der Waals surface area contributed by atoms with Crippen molar-refractivity contribution in [1.82, 2.24) is 4.90 Å². The van der Waals surface area contributed by atoms with E-state index >= 15 is 0 Å². The fourth-order valence-electron chi connectivity index (χ4n) is 2.38. The summed E-state index contributed by atoms with van der Waals surface area (Å²) in [4.78, 5) is 12.8. The van der Waals surface area contributed by atoms with Crippen molar-refractivity contribution in [1.29, 1.82) is 0 Å². The van der Waals surface area contributed by atoms with Crippen LogP contribution < -0.4 is 4.74 Å². The summed E-state index contributed by atoms with van der Waals surface area (Å²) in [6.07, 6.45) is 1.07. The van der Waals surface area contributed by atoms with Gasteiger partial charge in [-0.05, 0) is 37.1 Å². The summed E-state index contributed by atoms with van der Waals surface area (Å²) in [5, 5.41) is 8.80. The van der Waals surface area contributed by atoms with E-state index in [9.17, 15) is 4.79 Å². The number of likely N-dealkylation sites (N-methyl/N-ethyl adjacent to an activating group) is 1. The monoisotopic (exact) mass is 279 g/mol. The topological polar surface area (TPSA) is 49.8 Å². The number of aliphatic carboxylic acids is 1. The molecule has 1 aromatic rings. The molecule has 0 aliphatic carbocycles. The minimum atomic E-state index is -0.749. The van der Waals surface area contributed by atoms with E-state index in [1.807, 2.05) is 25.2 Å². The molecule has 0 saturated carbocycles. The number of nitrogens with zero attached hydrogens (tertiary/aromatic N) is 1. The van der Waals surface area contributed by atoms with Crippen molar-refractivity contribution >= 4 is 5.97 Å². The van der Waals surface area contributed by atoms with Crippen LogP contribution in [0.5, 0.6) is 5.75 Å². The van der Waals surface area contributed by atoms with Crippen molar-refractivity contribution in [3.8, 4) is 5.75 Å². The molecule has 0 heterocycles. The molecule has 112 valence electrons. The van der Waals surface area contributed by atoms with Crippen LogP contribution in [0.3, 0.4) is 0 Å². The Morgan fingerprint density at radius 2 is 2.10 bits per heavy atom. The number of benzene rings is 1. The highest BCUT2D eigenvalue weighted by atomic mass is 16.5. The first-order valence-corrected chi connectivity index (χ1v) is 6.99. The fraction of sp³-hybridized carbons (Fsp3) is 0.562. The van der Waals surface area contributed by atoms with E-state index < -0.39 is 5.97 Å². The molecule has 0 bridgehead atoms. The van der Waals surface area contributed by atoms with E-state index in [2.05, 4.69) is 24.8 Å². The van der Waals surface area contributed by atoms with Crippen molar-refractivity contribution in [2.24, 2.45) is 5.92 Å². The van der Waals surface area contributed by atoms with Crippen molar-refractivity contribution < 1.29 is 14.6 Å². The van der Waals surface area contributed by atoms with E-state index in [0.717, 1.165) is 12.2 Å². The fourth-order valence-corrected chi connectivity index (χ4v) is 2.38. The van der Waals surface area contributed by atoms with Crippen molar-refractivity contribution in [3.63, 3.8) is 0 Å². The van der Waals surface area contributed by atoms with Gasteiger partial charge in [0, 0.05) is 12.6 Å². The van der Waals surface area contributed by atoms with Crippen molar-refractivity contribution in [2.75, 3.05) is 20.7 Å². The number of methoxy groups -OCH3 is 1. The van der Waals surface area contributed by atoms with Crippen molar-refractivity contribution in [3.05, 3.63) is 29.8 Å². The molecule has 0 aromatic heterocycles. The molecule has 0 fully saturated rings. The number of carboxylic acid groups (broad SMARTS) is 1. The lowest BCUT2D eigenvalue weighted by Gasteiger charge is -2.31. The molecule has 0 aliphatic heterocycles. The van der Waals surface area contributed by atoms with Gasteiger partial charge in [-0.2, -0.15) is 0 Å². The summed E-state index contributed by atoms with van der Waals surface area (Å²) in [5.74, 6) is 0.568. The molecule has 1 unspecified atom stereocenters. The number of ether oxygens (including phenoxy) is 1. The van der Waals surface area contributed by atoms with Gasteiger partial charge in [-0.3, -0.25) is 4.79 Å². The molecule has 0 amide bonds. The summed E-state index contributed by atoms with van der Waals surface area (Å²) >= 11 is 0. The van der Waals surface area contributed by atoms with Gasteiger partial charge < -0.3 is 14.7 Å². The zero-order chi connectivity index (χ0) is 15.1. The normalized spacial score (nSPS) is 12.7. The Labute approximate surface area is 121 Å². The minimum absolute atomic E-state index is 0.178. The van der Waals surface area contributed by atoms with Gasteiger partial charge >= 0.3 is 5.97 Å². The molecular formula is C16H25NO3. The Morgan fingerprint density at radius 1 is 1.40 bits per heavy atom. The lowest BCUT2D eigenvalue weighted by molar-refractivity contribution is -0.137. The van der Waals surface area contributed by atoms with E-state index in [4.69, 9.17) is 9.84 Å². The SMILES string of the molecule is COc1cccc(CC(C(C)C)N(C)CCC(=O)O)c1. The highest BCUT2D eigenvalue weighted by molar-refractivity contribution is 5.66. The maximum Gasteiger partial charge on any atom is 0.304 e. The molecule has 1 atom stereocenters. The smallest absolute Gasteiger partial charge is 0.304 e. The number of carbonyl (C=O) groups is 1. The largest absolute Gasteiger partial charge is 0.497 e. The number of rotatable bonds is 8. The van der Waals surface area contributed by atoms with E-state index in [-0.39, 0.29) is 6.42 Å². The van der Waals surface area contributed by atoms with Crippen LogP contribution >= 0.6 is 0 Å². The number of hydrogen-bond donors (Lipinski definition) is 1. The van der Waals surface area contributed by atoms with Gasteiger partial charge in [-0.15, -0.1) is 0 Å². The summed E-state index contributed by atoms with van der Waals surface area (Å²) in [6, 6.07) is 8.37. The third-order valence-electron chi connectivity index (χ3n) is 3.59. The Kier molecular flexibility index (Phi) is 6.52. The molecule has 0 saturated heterocycles. The molecule has 4 heteroatoms. The molecule has 1 N–H and O–H groups in total. The maximum atomic E-state index is 10.7. The second-order valence-corrected chi connectivity index (χ2v) is 5.49. The van der Waals surface area contributed by atoms with Crippen LogP contribution in [0, 0.1) is 5.92 Å². The second-order valence-electron chi connectivity index (χ2n) is 5.49. The molecule has 4 nitrogen and oxygen atoms in total. The summed E-state index contributed by atoms with van der Waals surface area (Å²) < 4.78 is 5.25. The average Bonchev–Trinajstić information content (AvgIpc) is 2.42. The van der Waals surface area contributed by atoms with Crippen LogP contribution in [0.2, 0.25) is 0 Å². The molecule has 0 radical (unpaired) electrons. The van der Waals surface area contributed by atoms with E-state index in [1.54, 1.807) is 7.11 Å². The van der Waals surface area contributed by atoms with Crippen LogP contribution in [0.25, 0.3) is 0 Å². The maximum absolute atomic E-state index is 10.7. The molecule has 1 aromatic carbocycles. The zero-order valence-corrected chi connectivity index (χ0v) is 12.8. The first-order valence-electron chi connectivity index (χ1n) is 6.99. The first-order chi connectivity index (χ1) is 9.43. The Morgan fingerprint density at radius 3 is 2.65 bits per heavy atom. The predicted molar refractivity (Wildman–Crippen MR) is 80.2 cm³/mol. The Hall–Kier alpha value is -1.55. The molecule has 20 heavy (non-hydrogen) atoms.